The Labute approximate surface area is 173 Å². The summed E-state index contributed by atoms with van der Waals surface area (Å²) < 4.78 is 15.1. The van der Waals surface area contributed by atoms with Crippen molar-refractivity contribution in [3.05, 3.63) is 75.0 Å². The van der Waals surface area contributed by atoms with Crippen molar-refractivity contribution in [2.75, 3.05) is 6.54 Å². The lowest BCUT2D eigenvalue weighted by molar-refractivity contribution is 0.0653. The van der Waals surface area contributed by atoms with E-state index in [2.05, 4.69) is 4.98 Å². The molecule has 3 aromatic rings. The Kier molecular flexibility index (Phi) is 6.03. The molecule has 152 valence electrons. The standard InChI is InChI=1S/C22H23ClFN3O2/c1-13(2)12-27(21(28)15-6-5-7-17(24)10-15)14(3)20-25-19-9-8-16(23)11-18(19)22(29)26(20)4/h5-11,13-14H,12H2,1-4H3. The van der Waals surface area contributed by atoms with Crippen LogP contribution in [-0.2, 0) is 7.05 Å². The molecule has 0 spiro atoms. The molecule has 5 nitrogen and oxygen atoms in total. The molecule has 0 saturated carbocycles. The van der Waals surface area contributed by atoms with Crippen LogP contribution in [0.3, 0.4) is 0 Å². The average molecular weight is 416 g/mol. The quantitative estimate of drug-likeness (QED) is 0.612. The van der Waals surface area contributed by atoms with E-state index < -0.39 is 11.9 Å². The van der Waals surface area contributed by atoms with Crippen LogP contribution >= 0.6 is 11.6 Å². The van der Waals surface area contributed by atoms with E-state index in [0.29, 0.717) is 28.3 Å². The highest BCUT2D eigenvalue weighted by Gasteiger charge is 2.27. The molecule has 1 aromatic heterocycles. The summed E-state index contributed by atoms with van der Waals surface area (Å²) in [7, 11) is 1.63. The number of fused-ring (bicyclic) bond motifs is 1. The predicted octanol–water partition coefficient (Wildman–Crippen LogP) is 4.59. The molecular formula is C22H23ClFN3O2. The monoisotopic (exact) mass is 415 g/mol. The molecule has 1 amide bonds. The Morgan fingerprint density at radius 1 is 1.21 bits per heavy atom. The van der Waals surface area contributed by atoms with Crippen LogP contribution in [-0.4, -0.2) is 26.9 Å². The van der Waals surface area contributed by atoms with Gasteiger partial charge in [-0.2, -0.15) is 0 Å². The van der Waals surface area contributed by atoms with Gasteiger partial charge in [-0.1, -0.05) is 31.5 Å². The number of nitrogens with zero attached hydrogens (tertiary/aromatic N) is 3. The molecule has 1 unspecified atom stereocenters. The second kappa shape index (κ2) is 8.33. The van der Waals surface area contributed by atoms with Crippen molar-refractivity contribution in [3.8, 4) is 0 Å². The van der Waals surface area contributed by atoms with Crippen LogP contribution in [0.1, 0.15) is 43.0 Å². The van der Waals surface area contributed by atoms with E-state index in [0.717, 1.165) is 0 Å². The van der Waals surface area contributed by atoms with Crippen molar-refractivity contribution in [3.63, 3.8) is 0 Å². The van der Waals surface area contributed by atoms with Gasteiger partial charge in [0.1, 0.15) is 11.6 Å². The van der Waals surface area contributed by atoms with Crippen LogP contribution in [0.2, 0.25) is 5.02 Å². The smallest absolute Gasteiger partial charge is 0.261 e. The van der Waals surface area contributed by atoms with E-state index in [1.54, 1.807) is 36.2 Å². The van der Waals surface area contributed by atoms with Crippen molar-refractivity contribution in [2.24, 2.45) is 13.0 Å². The molecule has 2 aromatic carbocycles. The number of amides is 1. The lowest BCUT2D eigenvalue weighted by Gasteiger charge is -2.31. The topological polar surface area (TPSA) is 55.2 Å². The summed E-state index contributed by atoms with van der Waals surface area (Å²) in [5.74, 6) is -0.154. The fourth-order valence-corrected chi connectivity index (χ4v) is 3.54. The molecule has 0 aliphatic rings. The molecular weight excluding hydrogens is 393 g/mol. The molecule has 1 heterocycles. The Hall–Kier alpha value is -2.73. The van der Waals surface area contributed by atoms with Crippen molar-refractivity contribution < 1.29 is 9.18 Å². The fraction of sp³-hybridized carbons (Fsp3) is 0.318. The van der Waals surface area contributed by atoms with E-state index in [9.17, 15) is 14.0 Å². The maximum absolute atomic E-state index is 13.7. The third-order valence-corrected chi connectivity index (χ3v) is 5.04. The van der Waals surface area contributed by atoms with Gasteiger partial charge in [-0.3, -0.25) is 14.2 Å². The first kappa shape index (κ1) is 21.0. The third-order valence-electron chi connectivity index (χ3n) is 4.81. The maximum atomic E-state index is 13.7. The zero-order valence-electron chi connectivity index (χ0n) is 16.8. The van der Waals surface area contributed by atoms with Crippen molar-refractivity contribution in [1.82, 2.24) is 14.5 Å². The molecule has 0 bridgehead atoms. The van der Waals surface area contributed by atoms with Crippen LogP contribution in [0, 0.1) is 11.7 Å². The number of hydrogen-bond acceptors (Lipinski definition) is 3. The van der Waals surface area contributed by atoms with Crippen LogP contribution in [0.5, 0.6) is 0 Å². The Morgan fingerprint density at radius 3 is 2.59 bits per heavy atom. The van der Waals surface area contributed by atoms with Gasteiger partial charge >= 0.3 is 0 Å². The molecule has 0 N–H and O–H groups in total. The van der Waals surface area contributed by atoms with Gasteiger partial charge in [0.15, 0.2) is 0 Å². The summed E-state index contributed by atoms with van der Waals surface area (Å²) in [5.41, 5.74) is 0.541. The Balaban J connectivity index is 2.09. The number of carbonyl (C=O) groups is 1. The summed E-state index contributed by atoms with van der Waals surface area (Å²) >= 11 is 6.02. The van der Waals surface area contributed by atoms with Gasteiger partial charge in [0.05, 0.1) is 16.9 Å². The highest BCUT2D eigenvalue weighted by molar-refractivity contribution is 6.31. The van der Waals surface area contributed by atoms with E-state index in [1.807, 2.05) is 20.8 Å². The van der Waals surface area contributed by atoms with Gasteiger partial charge in [0.2, 0.25) is 0 Å². The molecule has 29 heavy (non-hydrogen) atoms. The first-order valence-electron chi connectivity index (χ1n) is 9.41. The van der Waals surface area contributed by atoms with Crippen LogP contribution < -0.4 is 5.56 Å². The number of carbonyl (C=O) groups excluding carboxylic acids is 1. The second-order valence-corrected chi connectivity index (χ2v) is 7.97. The Bertz CT molecular complexity index is 1130. The third kappa shape index (κ3) is 4.32. The summed E-state index contributed by atoms with van der Waals surface area (Å²) in [4.78, 5) is 32.3. The maximum Gasteiger partial charge on any atom is 0.261 e. The molecule has 3 rings (SSSR count). The number of halogens is 2. The predicted molar refractivity (Wildman–Crippen MR) is 113 cm³/mol. The van der Waals surface area contributed by atoms with Crippen molar-refractivity contribution >= 4 is 28.4 Å². The number of rotatable bonds is 5. The van der Waals surface area contributed by atoms with E-state index in [4.69, 9.17) is 11.6 Å². The molecule has 7 heteroatoms. The fourth-order valence-electron chi connectivity index (χ4n) is 3.37. The van der Waals surface area contributed by atoms with Gasteiger partial charge in [-0.25, -0.2) is 9.37 Å². The first-order chi connectivity index (χ1) is 13.7. The highest BCUT2D eigenvalue weighted by atomic mass is 35.5. The minimum atomic E-state index is -0.494. The largest absolute Gasteiger partial charge is 0.328 e. The van der Waals surface area contributed by atoms with Crippen molar-refractivity contribution in [1.29, 1.82) is 0 Å². The van der Waals surface area contributed by atoms with Crippen molar-refractivity contribution in [2.45, 2.75) is 26.8 Å². The lowest BCUT2D eigenvalue weighted by Crippen LogP contribution is -2.39. The number of benzene rings is 2. The summed E-state index contributed by atoms with van der Waals surface area (Å²) in [5, 5.41) is 0.878. The van der Waals surface area contributed by atoms with Gasteiger partial charge in [-0.05, 0) is 49.2 Å². The normalized spacial score (nSPS) is 12.4. The molecule has 0 aliphatic heterocycles. The van der Waals surface area contributed by atoms with E-state index in [1.165, 1.54) is 22.8 Å². The minimum absolute atomic E-state index is 0.172. The molecule has 0 fully saturated rings. The van der Waals surface area contributed by atoms with Crippen LogP contribution in [0.15, 0.2) is 47.3 Å². The molecule has 1 atom stereocenters. The van der Waals surface area contributed by atoms with Gasteiger partial charge < -0.3 is 4.90 Å². The molecule has 0 aliphatic carbocycles. The number of hydrogen-bond donors (Lipinski definition) is 0. The molecule has 0 radical (unpaired) electrons. The van der Waals surface area contributed by atoms with Gasteiger partial charge in [-0.15, -0.1) is 0 Å². The number of aromatic nitrogens is 2. The van der Waals surface area contributed by atoms with Crippen LogP contribution in [0.25, 0.3) is 10.9 Å². The lowest BCUT2D eigenvalue weighted by atomic mass is 10.1. The van der Waals surface area contributed by atoms with Gasteiger partial charge in [0.25, 0.3) is 11.5 Å². The SMILES string of the molecule is CC(C)CN(C(=O)c1cccc(F)c1)C(C)c1nc2ccc(Cl)cc2c(=O)n1C. The van der Waals surface area contributed by atoms with E-state index in [-0.39, 0.29) is 22.9 Å². The second-order valence-electron chi connectivity index (χ2n) is 7.53. The average Bonchev–Trinajstić information content (AvgIpc) is 2.68. The summed E-state index contributed by atoms with van der Waals surface area (Å²) in [6, 6.07) is 10.1. The summed E-state index contributed by atoms with van der Waals surface area (Å²) in [6.45, 7) is 6.25. The minimum Gasteiger partial charge on any atom is -0.328 e. The van der Waals surface area contributed by atoms with Crippen LogP contribution in [0.4, 0.5) is 4.39 Å². The van der Waals surface area contributed by atoms with Gasteiger partial charge in [0, 0.05) is 24.2 Å². The zero-order chi connectivity index (χ0) is 21.3. The summed E-state index contributed by atoms with van der Waals surface area (Å²) in [6.07, 6.45) is 0. The Morgan fingerprint density at radius 2 is 1.93 bits per heavy atom. The highest BCUT2D eigenvalue weighted by Crippen LogP contribution is 2.24. The molecule has 0 saturated heterocycles. The zero-order valence-corrected chi connectivity index (χ0v) is 17.6. The first-order valence-corrected chi connectivity index (χ1v) is 9.79. The van der Waals surface area contributed by atoms with E-state index >= 15 is 0 Å².